The van der Waals surface area contributed by atoms with Crippen LogP contribution in [0.4, 0.5) is 5.69 Å². The van der Waals surface area contributed by atoms with E-state index in [9.17, 15) is 14.7 Å². The molecule has 0 heterocycles. The maximum atomic E-state index is 12.5. The highest BCUT2D eigenvalue weighted by atomic mass is 16.6. The molecule has 0 spiro atoms. The van der Waals surface area contributed by atoms with Gasteiger partial charge in [-0.1, -0.05) is 53.7 Å². The second-order valence-electron chi connectivity index (χ2n) is 9.98. The fourth-order valence-corrected chi connectivity index (χ4v) is 3.30. The minimum absolute atomic E-state index is 0.101. The fourth-order valence-electron chi connectivity index (χ4n) is 3.30. The van der Waals surface area contributed by atoms with E-state index < -0.39 is 5.97 Å². The van der Waals surface area contributed by atoms with E-state index in [0.717, 1.165) is 16.7 Å². The Morgan fingerprint density at radius 3 is 1.94 bits per heavy atom. The van der Waals surface area contributed by atoms with Crippen LogP contribution >= 0.6 is 0 Å². The number of esters is 1. The van der Waals surface area contributed by atoms with E-state index in [-0.39, 0.29) is 23.3 Å². The average Bonchev–Trinajstić information content (AvgIpc) is 2.70. The lowest BCUT2D eigenvalue weighted by atomic mass is 9.78. The number of ether oxygens (including phenoxy) is 2. The Hall–Kier alpha value is -3.02. The number of nitrogens with one attached hydrogen (secondary N) is 1. The van der Waals surface area contributed by atoms with Gasteiger partial charge in [0.2, 0.25) is 5.91 Å². The first kappa shape index (κ1) is 25.2. The minimum atomic E-state index is -0.458. The third-order valence-corrected chi connectivity index (χ3v) is 5.15. The van der Waals surface area contributed by atoms with E-state index in [1.807, 2.05) is 12.1 Å². The van der Waals surface area contributed by atoms with Crippen LogP contribution in [0.1, 0.15) is 64.7 Å². The van der Waals surface area contributed by atoms with Crippen LogP contribution in [-0.2, 0) is 31.6 Å². The topological polar surface area (TPSA) is 84.9 Å². The molecule has 0 bridgehead atoms. The number of carbonyl (C=O) groups excluding carboxylic acids is 2. The van der Waals surface area contributed by atoms with Crippen molar-refractivity contribution in [3.63, 3.8) is 0 Å². The molecule has 174 valence electrons. The summed E-state index contributed by atoms with van der Waals surface area (Å²) in [5, 5.41) is 13.7. The van der Waals surface area contributed by atoms with Gasteiger partial charge in [0, 0.05) is 12.1 Å². The Bertz CT molecular complexity index is 915. The molecule has 0 aliphatic carbocycles. The zero-order valence-electron chi connectivity index (χ0n) is 20.2. The van der Waals surface area contributed by atoms with E-state index in [2.05, 4.69) is 51.6 Å². The summed E-state index contributed by atoms with van der Waals surface area (Å²) in [6.07, 6.45) is 0.886. The van der Waals surface area contributed by atoms with E-state index >= 15 is 0 Å². The van der Waals surface area contributed by atoms with Crippen molar-refractivity contribution in [1.82, 2.24) is 0 Å². The van der Waals surface area contributed by atoms with Gasteiger partial charge in [-0.25, -0.2) is 4.79 Å². The molecule has 0 radical (unpaired) electrons. The Kier molecular flexibility index (Phi) is 7.94. The number of phenolic OH excluding ortho intramolecular Hbond substituents is 1. The highest BCUT2D eigenvalue weighted by Crippen LogP contribution is 2.40. The number of phenols is 1. The molecule has 0 aliphatic rings. The van der Waals surface area contributed by atoms with Gasteiger partial charge < -0.3 is 19.9 Å². The average molecular weight is 442 g/mol. The summed E-state index contributed by atoms with van der Waals surface area (Å²) in [5.41, 5.74) is 3.04. The molecule has 6 nitrogen and oxygen atoms in total. The summed E-state index contributed by atoms with van der Waals surface area (Å²) in [5.74, 6) is 0.298. The fraction of sp³-hybridized carbons (Fsp3) is 0.462. The largest absolute Gasteiger partial charge is 0.507 e. The molecule has 32 heavy (non-hydrogen) atoms. The molecule has 1 amide bonds. The van der Waals surface area contributed by atoms with Gasteiger partial charge in [-0.15, -0.1) is 0 Å². The van der Waals surface area contributed by atoms with Gasteiger partial charge in [-0.05, 0) is 58.2 Å². The Balaban J connectivity index is 2.05. The number of aryl methyl sites for hydroxylation is 1. The first-order valence-corrected chi connectivity index (χ1v) is 10.8. The lowest BCUT2D eigenvalue weighted by Crippen LogP contribution is -2.18. The molecule has 0 saturated heterocycles. The molecule has 6 heteroatoms. The predicted octanol–water partition coefficient (Wildman–Crippen LogP) is 5.11. The van der Waals surface area contributed by atoms with Crippen molar-refractivity contribution in [2.24, 2.45) is 0 Å². The summed E-state index contributed by atoms with van der Waals surface area (Å²) < 4.78 is 9.84. The normalized spacial score (nSPS) is 11.7. The van der Waals surface area contributed by atoms with E-state index in [0.29, 0.717) is 30.0 Å². The lowest BCUT2D eigenvalue weighted by Gasteiger charge is -2.28. The van der Waals surface area contributed by atoms with Gasteiger partial charge in [0.25, 0.3) is 0 Å². The van der Waals surface area contributed by atoms with Crippen molar-refractivity contribution in [2.45, 2.75) is 65.2 Å². The van der Waals surface area contributed by atoms with Crippen molar-refractivity contribution in [1.29, 1.82) is 0 Å². The second kappa shape index (κ2) is 10.1. The molecule has 0 atom stereocenters. The summed E-state index contributed by atoms with van der Waals surface area (Å²) in [6.45, 7) is 12.3. The molecule has 0 aromatic heterocycles. The number of carbonyl (C=O) groups is 2. The Morgan fingerprint density at radius 1 is 0.938 bits per heavy atom. The number of aromatic hydroxyl groups is 1. The third-order valence-electron chi connectivity index (χ3n) is 5.15. The molecular weight excluding hydrogens is 406 g/mol. The van der Waals surface area contributed by atoms with Crippen molar-refractivity contribution in [3.05, 3.63) is 53.1 Å². The van der Waals surface area contributed by atoms with Gasteiger partial charge in [0.1, 0.15) is 11.5 Å². The molecule has 0 aliphatic heterocycles. The molecule has 0 unspecified atom stereocenters. The quantitative estimate of drug-likeness (QED) is 0.583. The van der Waals surface area contributed by atoms with Crippen LogP contribution < -0.4 is 10.1 Å². The van der Waals surface area contributed by atoms with E-state index in [1.165, 1.54) is 7.11 Å². The maximum absolute atomic E-state index is 12.5. The number of anilines is 1. The summed E-state index contributed by atoms with van der Waals surface area (Å²) in [7, 11) is 1.30. The summed E-state index contributed by atoms with van der Waals surface area (Å²) in [6, 6.07) is 10.8. The van der Waals surface area contributed by atoms with Gasteiger partial charge >= 0.3 is 5.97 Å². The van der Waals surface area contributed by atoms with Crippen LogP contribution in [0.25, 0.3) is 0 Å². The van der Waals surface area contributed by atoms with Crippen LogP contribution in [0.15, 0.2) is 36.4 Å². The number of hydrogen-bond donors (Lipinski definition) is 2. The van der Waals surface area contributed by atoms with Crippen molar-refractivity contribution in [3.8, 4) is 11.5 Å². The number of rotatable bonds is 7. The van der Waals surface area contributed by atoms with Gasteiger partial charge in [-0.2, -0.15) is 0 Å². The van der Waals surface area contributed by atoms with Gasteiger partial charge in [-0.3, -0.25) is 4.79 Å². The molecule has 2 rings (SSSR count). The minimum Gasteiger partial charge on any atom is -0.507 e. The zero-order valence-corrected chi connectivity index (χ0v) is 20.2. The highest BCUT2D eigenvalue weighted by Gasteiger charge is 2.26. The zero-order chi connectivity index (χ0) is 24.1. The standard InChI is InChI=1S/C26H35NO5/c1-25(2,3)20-14-17(15-21(24(20)30)26(4,5)6)8-13-22(28)27-18-9-11-19(12-10-18)32-16-23(29)31-7/h9-12,14-15,30H,8,13,16H2,1-7H3,(H,27,28). The Labute approximate surface area is 190 Å². The summed E-state index contributed by atoms with van der Waals surface area (Å²) in [4.78, 5) is 23.6. The van der Waals surface area contributed by atoms with Crippen LogP contribution in [0.5, 0.6) is 11.5 Å². The number of amides is 1. The van der Waals surface area contributed by atoms with Crippen molar-refractivity contribution in [2.75, 3.05) is 19.0 Å². The number of methoxy groups -OCH3 is 1. The molecule has 0 saturated carbocycles. The van der Waals surface area contributed by atoms with Crippen LogP contribution in [0.3, 0.4) is 0 Å². The molecule has 0 fully saturated rings. The predicted molar refractivity (Wildman–Crippen MR) is 126 cm³/mol. The van der Waals surface area contributed by atoms with Crippen molar-refractivity contribution < 1.29 is 24.2 Å². The van der Waals surface area contributed by atoms with Gasteiger partial charge in [0.15, 0.2) is 6.61 Å². The second-order valence-corrected chi connectivity index (χ2v) is 9.98. The molecule has 2 aromatic rings. The molecule has 2 aromatic carbocycles. The van der Waals surface area contributed by atoms with E-state index in [4.69, 9.17) is 4.74 Å². The first-order chi connectivity index (χ1) is 14.8. The smallest absolute Gasteiger partial charge is 0.343 e. The lowest BCUT2D eigenvalue weighted by molar-refractivity contribution is -0.142. The third kappa shape index (κ3) is 7.01. The first-order valence-electron chi connectivity index (χ1n) is 10.8. The monoisotopic (exact) mass is 441 g/mol. The van der Waals surface area contributed by atoms with Gasteiger partial charge in [0.05, 0.1) is 7.11 Å². The van der Waals surface area contributed by atoms with Crippen molar-refractivity contribution >= 4 is 17.6 Å². The van der Waals surface area contributed by atoms with Crippen LogP contribution in [0, 0.1) is 0 Å². The van der Waals surface area contributed by atoms with E-state index in [1.54, 1.807) is 24.3 Å². The summed E-state index contributed by atoms with van der Waals surface area (Å²) >= 11 is 0. The number of benzene rings is 2. The van der Waals surface area contributed by atoms with Crippen LogP contribution in [-0.4, -0.2) is 30.7 Å². The number of hydrogen-bond acceptors (Lipinski definition) is 5. The molecular formula is C26H35NO5. The highest BCUT2D eigenvalue weighted by molar-refractivity contribution is 5.90. The maximum Gasteiger partial charge on any atom is 0.343 e. The van der Waals surface area contributed by atoms with Crippen LogP contribution in [0.2, 0.25) is 0 Å². The Morgan fingerprint density at radius 2 is 1.47 bits per heavy atom. The SMILES string of the molecule is COC(=O)COc1ccc(NC(=O)CCc2cc(C(C)(C)C)c(O)c(C(C)(C)C)c2)cc1. The molecule has 2 N–H and O–H groups in total.